The van der Waals surface area contributed by atoms with Gasteiger partial charge in [0, 0.05) is 38.8 Å². The number of carbonyl (C=O) groups excluding carboxylic acids is 1. The number of hydrogen-bond acceptors (Lipinski definition) is 5. The summed E-state index contributed by atoms with van der Waals surface area (Å²) in [5.41, 5.74) is 4.29. The van der Waals surface area contributed by atoms with Gasteiger partial charge in [-0.2, -0.15) is 5.10 Å². The molecule has 1 saturated heterocycles. The molecule has 0 saturated carbocycles. The van der Waals surface area contributed by atoms with Crippen molar-refractivity contribution in [3.63, 3.8) is 0 Å². The van der Waals surface area contributed by atoms with Gasteiger partial charge < -0.3 is 0 Å². The minimum absolute atomic E-state index is 0.0999. The Morgan fingerprint density at radius 1 is 1.24 bits per heavy atom. The van der Waals surface area contributed by atoms with Crippen molar-refractivity contribution in [3.05, 3.63) is 49.0 Å². The van der Waals surface area contributed by atoms with Crippen LogP contribution in [0, 0.1) is 5.92 Å². The van der Waals surface area contributed by atoms with E-state index in [4.69, 9.17) is 28.3 Å². The number of anilines is 1. The van der Waals surface area contributed by atoms with Gasteiger partial charge in [-0.1, -0.05) is 36.5 Å². The molecule has 0 spiro atoms. The summed E-state index contributed by atoms with van der Waals surface area (Å²) in [7, 11) is 0. The predicted octanol–water partition coefficient (Wildman–Crippen LogP) is 5.89. The van der Waals surface area contributed by atoms with Crippen LogP contribution in [-0.2, 0) is 4.79 Å². The normalized spacial score (nSPS) is 22.6. The van der Waals surface area contributed by atoms with E-state index in [1.165, 1.54) is 6.42 Å². The fourth-order valence-corrected chi connectivity index (χ4v) is 5.94. The monoisotopic (exact) mass is 514 g/mol. The molecule has 2 aliphatic rings. The van der Waals surface area contributed by atoms with E-state index in [0.29, 0.717) is 15.8 Å². The van der Waals surface area contributed by atoms with Gasteiger partial charge in [0.05, 0.1) is 16.8 Å². The standard InChI is InChI=1S/C20H21BrCl2N4OS/c1-12-18(20(28)25-26-7-3-2-4-8-26)24-27(16-6-5-14(22)10-15(16)23)19(12)17-9-13(21)11-29-17/h5-6,9-12,19H,2-4,7-8H2,1H3,(H,25,28). The number of benzene rings is 1. The second kappa shape index (κ2) is 8.94. The Labute approximate surface area is 192 Å². The Kier molecular flexibility index (Phi) is 6.51. The number of hydrazone groups is 1. The maximum absolute atomic E-state index is 13.1. The molecule has 3 heterocycles. The van der Waals surface area contributed by atoms with Crippen molar-refractivity contribution in [2.75, 3.05) is 18.1 Å². The van der Waals surface area contributed by atoms with Gasteiger partial charge in [-0.3, -0.25) is 15.2 Å². The van der Waals surface area contributed by atoms with Gasteiger partial charge in [0.15, 0.2) is 0 Å². The predicted molar refractivity (Wildman–Crippen MR) is 124 cm³/mol. The molecule has 1 fully saturated rings. The fourth-order valence-electron chi connectivity index (χ4n) is 3.81. The van der Waals surface area contributed by atoms with Crippen molar-refractivity contribution in [1.82, 2.24) is 10.4 Å². The van der Waals surface area contributed by atoms with Gasteiger partial charge in [-0.15, -0.1) is 11.3 Å². The molecule has 2 aromatic rings. The number of rotatable bonds is 4. The van der Waals surface area contributed by atoms with Crippen LogP contribution >= 0.6 is 50.5 Å². The zero-order chi connectivity index (χ0) is 20.5. The third-order valence-electron chi connectivity index (χ3n) is 5.27. The first-order valence-corrected chi connectivity index (χ1v) is 12.0. The lowest BCUT2D eigenvalue weighted by molar-refractivity contribution is -0.120. The first kappa shape index (κ1) is 21.1. The van der Waals surface area contributed by atoms with Crippen LogP contribution in [0.1, 0.15) is 37.1 Å². The van der Waals surface area contributed by atoms with Crippen LogP contribution in [0.5, 0.6) is 0 Å². The van der Waals surface area contributed by atoms with Gasteiger partial charge in [-0.25, -0.2) is 5.01 Å². The molecular weight excluding hydrogens is 495 g/mol. The van der Waals surface area contributed by atoms with Crippen molar-refractivity contribution >= 4 is 67.8 Å². The average molecular weight is 516 g/mol. The lowest BCUT2D eigenvalue weighted by atomic mass is 9.95. The fraction of sp³-hybridized carbons (Fsp3) is 0.400. The van der Waals surface area contributed by atoms with E-state index < -0.39 is 0 Å². The van der Waals surface area contributed by atoms with E-state index in [1.807, 2.05) is 28.4 Å². The van der Waals surface area contributed by atoms with Crippen molar-refractivity contribution < 1.29 is 4.79 Å². The SMILES string of the molecule is CC1C(C(=O)NN2CCCCC2)=NN(c2ccc(Cl)cc2Cl)C1c1cc(Br)cs1. The Bertz CT molecular complexity index is 944. The topological polar surface area (TPSA) is 47.9 Å². The molecule has 0 radical (unpaired) electrons. The number of amides is 1. The number of nitrogens with zero attached hydrogens (tertiary/aromatic N) is 3. The Balaban J connectivity index is 1.67. The van der Waals surface area contributed by atoms with E-state index >= 15 is 0 Å². The number of thiophene rings is 1. The summed E-state index contributed by atoms with van der Waals surface area (Å²) in [6.07, 6.45) is 3.41. The highest BCUT2D eigenvalue weighted by Gasteiger charge is 2.41. The molecule has 2 unspecified atom stereocenters. The minimum Gasteiger partial charge on any atom is -0.284 e. The van der Waals surface area contributed by atoms with E-state index in [-0.39, 0.29) is 17.9 Å². The van der Waals surface area contributed by atoms with E-state index in [9.17, 15) is 4.79 Å². The maximum Gasteiger partial charge on any atom is 0.282 e. The molecule has 0 bridgehead atoms. The third kappa shape index (κ3) is 4.49. The Hall–Kier alpha value is -1.12. The molecule has 0 aliphatic carbocycles. The van der Waals surface area contributed by atoms with E-state index in [2.05, 4.69) is 27.4 Å². The number of carbonyl (C=O) groups is 1. The summed E-state index contributed by atoms with van der Waals surface area (Å²) in [6.45, 7) is 3.79. The highest BCUT2D eigenvalue weighted by Crippen LogP contribution is 2.44. The Morgan fingerprint density at radius 3 is 2.66 bits per heavy atom. The van der Waals surface area contributed by atoms with Crippen LogP contribution < -0.4 is 10.4 Å². The van der Waals surface area contributed by atoms with Crippen molar-refractivity contribution in [3.8, 4) is 0 Å². The number of piperidine rings is 1. The second-order valence-corrected chi connectivity index (χ2v) is 10.0. The highest BCUT2D eigenvalue weighted by molar-refractivity contribution is 9.10. The lowest BCUT2D eigenvalue weighted by Crippen LogP contribution is -2.48. The molecule has 154 valence electrons. The maximum atomic E-state index is 13.1. The summed E-state index contributed by atoms with van der Waals surface area (Å²) in [5, 5.41) is 11.7. The van der Waals surface area contributed by atoms with Gasteiger partial charge in [0.1, 0.15) is 5.71 Å². The number of halogens is 3. The Morgan fingerprint density at radius 2 is 2.00 bits per heavy atom. The molecule has 29 heavy (non-hydrogen) atoms. The minimum atomic E-state index is -0.146. The van der Waals surface area contributed by atoms with Crippen LogP contribution in [0.2, 0.25) is 10.0 Å². The van der Waals surface area contributed by atoms with Crippen molar-refractivity contribution in [1.29, 1.82) is 0 Å². The number of hydrazine groups is 1. The van der Waals surface area contributed by atoms with Crippen LogP contribution in [0.15, 0.2) is 39.2 Å². The second-order valence-electron chi connectivity index (χ2n) is 7.31. The summed E-state index contributed by atoms with van der Waals surface area (Å²) in [4.78, 5) is 14.2. The number of hydrogen-bond donors (Lipinski definition) is 1. The summed E-state index contributed by atoms with van der Waals surface area (Å²) in [5.74, 6) is -0.246. The quantitative estimate of drug-likeness (QED) is 0.552. The third-order valence-corrected chi connectivity index (χ3v) is 7.57. The molecule has 2 aliphatic heterocycles. The van der Waals surface area contributed by atoms with Gasteiger partial charge in [0.2, 0.25) is 0 Å². The average Bonchev–Trinajstić information content (AvgIpc) is 3.25. The summed E-state index contributed by atoms with van der Waals surface area (Å²) < 4.78 is 1.01. The van der Waals surface area contributed by atoms with Gasteiger partial charge in [-0.05, 0) is 53.0 Å². The molecule has 1 aromatic carbocycles. The van der Waals surface area contributed by atoms with Gasteiger partial charge >= 0.3 is 0 Å². The van der Waals surface area contributed by atoms with Gasteiger partial charge in [0.25, 0.3) is 5.91 Å². The van der Waals surface area contributed by atoms with E-state index in [1.54, 1.807) is 23.5 Å². The highest BCUT2D eigenvalue weighted by atomic mass is 79.9. The molecule has 1 aromatic heterocycles. The molecule has 4 rings (SSSR count). The molecule has 1 N–H and O–H groups in total. The van der Waals surface area contributed by atoms with Crippen LogP contribution in [0.3, 0.4) is 0 Å². The zero-order valence-electron chi connectivity index (χ0n) is 15.9. The van der Waals surface area contributed by atoms with Crippen LogP contribution in [0.4, 0.5) is 5.69 Å². The van der Waals surface area contributed by atoms with E-state index in [0.717, 1.165) is 41.0 Å². The molecule has 5 nitrogen and oxygen atoms in total. The van der Waals surface area contributed by atoms with Crippen molar-refractivity contribution in [2.45, 2.75) is 32.2 Å². The molecular formula is C20H21BrCl2N4OS. The smallest absolute Gasteiger partial charge is 0.282 e. The lowest BCUT2D eigenvalue weighted by Gasteiger charge is -2.27. The molecule has 2 atom stereocenters. The number of nitrogens with one attached hydrogen (secondary N) is 1. The summed E-state index contributed by atoms with van der Waals surface area (Å²) in [6, 6.07) is 7.29. The first-order valence-electron chi connectivity index (χ1n) is 9.56. The first-order chi connectivity index (χ1) is 13.9. The molecule has 9 heteroatoms. The summed E-state index contributed by atoms with van der Waals surface area (Å²) >= 11 is 17.7. The van der Waals surface area contributed by atoms with Crippen LogP contribution in [0.25, 0.3) is 0 Å². The molecule has 1 amide bonds. The van der Waals surface area contributed by atoms with Crippen LogP contribution in [-0.4, -0.2) is 29.7 Å². The van der Waals surface area contributed by atoms with Crippen molar-refractivity contribution in [2.24, 2.45) is 11.0 Å². The zero-order valence-corrected chi connectivity index (χ0v) is 19.8. The largest absolute Gasteiger partial charge is 0.284 e.